The highest BCUT2D eigenvalue weighted by atomic mass is 16.5. The van der Waals surface area contributed by atoms with Crippen LogP contribution in [0.15, 0.2) is 0 Å². The minimum absolute atomic E-state index is 0.367. The van der Waals surface area contributed by atoms with Crippen LogP contribution in [0.3, 0.4) is 0 Å². The summed E-state index contributed by atoms with van der Waals surface area (Å²) < 4.78 is 5.82. The van der Waals surface area contributed by atoms with Crippen LogP contribution < -0.4 is 5.73 Å². The van der Waals surface area contributed by atoms with Crippen LogP contribution in [0.2, 0.25) is 0 Å². The molecule has 1 aliphatic carbocycles. The van der Waals surface area contributed by atoms with Gasteiger partial charge in [-0.15, -0.1) is 0 Å². The van der Waals surface area contributed by atoms with E-state index < -0.39 is 0 Å². The number of hydrogen-bond acceptors (Lipinski definition) is 3. The highest BCUT2D eigenvalue weighted by Gasteiger charge is 2.36. The van der Waals surface area contributed by atoms with Gasteiger partial charge in [-0.2, -0.15) is 0 Å². The van der Waals surface area contributed by atoms with Gasteiger partial charge in [0.1, 0.15) is 0 Å². The molecule has 1 heterocycles. The first-order chi connectivity index (χ1) is 8.53. The largest absolute Gasteiger partial charge is 0.373 e. The molecule has 2 N–H and O–H groups in total. The zero-order valence-electron chi connectivity index (χ0n) is 12.3. The van der Waals surface area contributed by atoms with Gasteiger partial charge in [0.2, 0.25) is 0 Å². The first-order valence-electron chi connectivity index (χ1n) is 7.61. The van der Waals surface area contributed by atoms with Crippen molar-refractivity contribution in [3.63, 3.8) is 0 Å². The predicted molar refractivity (Wildman–Crippen MR) is 75.6 cm³/mol. The van der Waals surface area contributed by atoms with Crippen LogP contribution in [0.4, 0.5) is 0 Å². The predicted octanol–water partition coefficient (Wildman–Crippen LogP) is 2.25. The summed E-state index contributed by atoms with van der Waals surface area (Å²) in [6.07, 6.45) is 6.06. The van der Waals surface area contributed by atoms with Crippen LogP contribution in [0, 0.1) is 11.3 Å². The molecule has 18 heavy (non-hydrogen) atoms. The van der Waals surface area contributed by atoms with Gasteiger partial charge in [-0.3, -0.25) is 4.90 Å². The third-order valence-electron chi connectivity index (χ3n) is 4.82. The third kappa shape index (κ3) is 3.46. The Balaban J connectivity index is 1.93. The molecule has 0 spiro atoms. The van der Waals surface area contributed by atoms with E-state index in [-0.39, 0.29) is 0 Å². The molecule has 0 amide bonds. The van der Waals surface area contributed by atoms with E-state index in [0.29, 0.717) is 17.6 Å². The highest BCUT2D eigenvalue weighted by Crippen LogP contribution is 2.39. The fourth-order valence-corrected chi connectivity index (χ4v) is 3.69. The summed E-state index contributed by atoms with van der Waals surface area (Å²) in [5, 5.41) is 0. The van der Waals surface area contributed by atoms with Gasteiger partial charge in [-0.05, 0) is 44.6 Å². The Labute approximate surface area is 112 Å². The molecule has 1 aliphatic heterocycles. The van der Waals surface area contributed by atoms with E-state index in [1.807, 2.05) is 0 Å². The maximum absolute atomic E-state index is 6.11. The second-order valence-electron chi connectivity index (χ2n) is 6.84. The first kappa shape index (κ1) is 14.3. The van der Waals surface area contributed by atoms with Gasteiger partial charge < -0.3 is 10.5 Å². The molecule has 1 saturated carbocycles. The molecule has 2 rings (SSSR count). The Kier molecular flexibility index (Phi) is 4.68. The standard InChI is InChI=1S/C15H30N2O/c1-12-4-6-15(10-16,7-5-12)11-17-8-13(2)18-14(3)9-17/h12-14H,4-11,16H2,1-3H3. The van der Waals surface area contributed by atoms with Crippen molar-refractivity contribution in [1.29, 1.82) is 0 Å². The number of hydrogen-bond donors (Lipinski definition) is 1. The lowest BCUT2D eigenvalue weighted by Gasteiger charge is -2.45. The molecule has 0 aromatic carbocycles. The van der Waals surface area contributed by atoms with Gasteiger partial charge in [-0.1, -0.05) is 19.8 Å². The summed E-state index contributed by atoms with van der Waals surface area (Å²) in [7, 11) is 0. The van der Waals surface area contributed by atoms with Crippen LogP contribution in [-0.4, -0.2) is 43.3 Å². The molecule has 2 fully saturated rings. The molecular formula is C15H30N2O. The Morgan fingerprint density at radius 3 is 2.17 bits per heavy atom. The molecule has 2 unspecified atom stereocenters. The van der Waals surface area contributed by atoms with Crippen LogP contribution in [-0.2, 0) is 4.74 Å². The molecule has 106 valence electrons. The number of rotatable bonds is 3. The van der Waals surface area contributed by atoms with Gasteiger partial charge in [0, 0.05) is 19.6 Å². The van der Waals surface area contributed by atoms with Gasteiger partial charge >= 0.3 is 0 Å². The average molecular weight is 254 g/mol. The number of ether oxygens (including phenoxy) is 1. The maximum atomic E-state index is 6.11. The summed E-state index contributed by atoms with van der Waals surface area (Å²) in [6.45, 7) is 10.9. The lowest BCUT2D eigenvalue weighted by molar-refractivity contribution is -0.0805. The van der Waals surface area contributed by atoms with Crippen molar-refractivity contribution < 1.29 is 4.74 Å². The van der Waals surface area contributed by atoms with Crippen molar-refractivity contribution in [3.05, 3.63) is 0 Å². The zero-order valence-corrected chi connectivity index (χ0v) is 12.3. The van der Waals surface area contributed by atoms with Crippen molar-refractivity contribution in [3.8, 4) is 0 Å². The molecule has 0 aromatic rings. The summed E-state index contributed by atoms with van der Waals surface area (Å²) in [6, 6.07) is 0. The Morgan fingerprint density at radius 1 is 1.11 bits per heavy atom. The molecule has 1 saturated heterocycles. The van der Waals surface area contributed by atoms with Crippen molar-refractivity contribution in [2.75, 3.05) is 26.2 Å². The van der Waals surface area contributed by atoms with Crippen LogP contribution >= 0.6 is 0 Å². The summed E-state index contributed by atoms with van der Waals surface area (Å²) >= 11 is 0. The van der Waals surface area contributed by atoms with Crippen LogP contribution in [0.1, 0.15) is 46.5 Å². The van der Waals surface area contributed by atoms with Crippen molar-refractivity contribution in [2.45, 2.75) is 58.7 Å². The lowest BCUT2D eigenvalue weighted by Crippen LogP contribution is -2.52. The quantitative estimate of drug-likeness (QED) is 0.839. The molecule has 3 nitrogen and oxygen atoms in total. The van der Waals surface area contributed by atoms with E-state index >= 15 is 0 Å². The number of morpholine rings is 1. The van der Waals surface area contributed by atoms with Crippen molar-refractivity contribution in [1.82, 2.24) is 4.90 Å². The molecule has 3 heteroatoms. The van der Waals surface area contributed by atoms with Crippen molar-refractivity contribution >= 4 is 0 Å². The molecule has 2 atom stereocenters. The van der Waals surface area contributed by atoms with E-state index in [2.05, 4.69) is 25.7 Å². The SMILES string of the molecule is CC1CCC(CN)(CN2CC(C)OC(C)C2)CC1. The van der Waals surface area contributed by atoms with E-state index in [9.17, 15) is 0 Å². The number of nitrogens with zero attached hydrogens (tertiary/aromatic N) is 1. The highest BCUT2D eigenvalue weighted by molar-refractivity contribution is 4.90. The van der Waals surface area contributed by atoms with Crippen LogP contribution in [0.25, 0.3) is 0 Å². The smallest absolute Gasteiger partial charge is 0.0678 e. The lowest BCUT2D eigenvalue weighted by atomic mass is 9.70. The van der Waals surface area contributed by atoms with Gasteiger partial charge in [-0.25, -0.2) is 0 Å². The summed E-state index contributed by atoms with van der Waals surface area (Å²) in [5.74, 6) is 0.896. The molecule has 2 aliphatic rings. The second-order valence-corrected chi connectivity index (χ2v) is 6.84. The molecule has 0 bridgehead atoms. The minimum Gasteiger partial charge on any atom is -0.373 e. The molecule has 0 radical (unpaired) electrons. The van der Waals surface area contributed by atoms with E-state index in [4.69, 9.17) is 10.5 Å². The van der Waals surface area contributed by atoms with Gasteiger partial charge in [0.05, 0.1) is 12.2 Å². The maximum Gasteiger partial charge on any atom is 0.0678 e. The Hall–Kier alpha value is -0.120. The summed E-state index contributed by atoms with van der Waals surface area (Å²) in [5.41, 5.74) is 6.49. The topological polar surface area (TPSA) is 38.5 Å². The Morgan fingerprint density at radius 2 is 1.67 bits per heavy atom. The fourth-order valence-electron chi connectivity index (χ4n) is 3.69. The fraction of sp³-hybridized carbons (Fsp3) is 1.00. The van der Waals surface area contributed by atoms with Gasteiger partial charge in [0.25, 0.3) is 0 Å². The minimum atomic E-state index is 0.367. The first-order valence-corrected chi connectivity index (χ1v) is 7.61. The van der Waals surface area contributed by atoms with E-state index in [1.165, 1.54) is 32.2 Å². The molecule has 0 aromatic heterocycles. The van der Waals surface area contributed by atoms with Crippen molar-refractivity contribution in [2.24, 2.45) is 17.1 Å². The normalized spacial score (nSPS) is 43.0. The average Bonchev–Trinajstić information content (AvgIpc) is 2.31. The molecular weight excluding hydrogens is 224 g/mol. The second kappa shape index (κ2) is 5.89. The Bertz CT molecular complexity index is 251. The number of nitrogens with two attached hydrogens (primary N) is 1. The zero-order chi connectivity index (χ0) is 13.2. The third-order valence-corrected chi connectivity index (χ3v) is 4.82. The van der Waals surface area contributed by atoms with E-state index in [1.54, 1.807) is 0 Å². The van der Waals surface area contributed by atoms with Crippen LogP contribution in [0.5, 0.6) is 0 Å². The monoisotopic (exact) mass is 254 g/mol. The summed E-state index contributed by atoms with van der Waals surface area (Å²) in [4.78, 5) is 2.58. The van der Waals surface area contributed by atoms with Gasteiger partial charge in [0.15, 0.2) is 0 Å². The van der Waals surface area contributed by atoms with E-state index in [0.717, 1.165) is 25.6 Å².